The van der Waals surface area contributed by atoms with Gasteiger partial charge in [0.05, 0.1) is 11.6 Å². The van der Waals surface area contributed by atoms with Gasteiger partial charge < -0.3 is 10.2 Å². The van der Waals surface area contributed by atoms with Crippen molar-refractivity contribution in [3.8, 4) is 11.5 Å². The average Bonchev–Trinajstić information content (AvgIpc) is 3.39. The first-order chi connectivity index (χ1) is 16.7. The van der Waals surface area contributed by atoms with Crippen LogP contribution in [0.2, 0.25) is 0 Å². The fourth-order valence-electron chi connectivity index (χ4n) is 5.60. The molecule has 0 radical (unpaired) electrons. The maximum absolute atomic E-state index is 10.5. The van der Waals surface area contributed by atoms with Crippen LogP contribution < -0.4 is 0 Å². The van der Waals surface area contributed by atoms with Crippen molar-refractivity contribution in [2.45, 2.75) is 90.6 Å². The molecule has 3 unspecified atom stereocenters. The summed E-state index contributed by atoms with van der Waals surface area (Å²) in [5.74, 6) is 2.54. The Morgan fingerprint density at radius 3 is 2.00 bits per heavy atom. The molecule has 35 heavy (non-hydrogen) atoms. The Balaban J connectivity index is 1.51. The fraction of sp³-hybridized carbons (Fsp3) is 0.548. The molecule has 2 fully saturated rings. The van der Waals surface area contributed by atoms with Gasteiger partial charge in [-0.3, -0.25) is 9.98 Å². The third-order valence-corrected chi connectivity index (χ3v) is 7.86. The molecule has 4 rings (SSSR count). The number of aryl methyl sites for hydroxylation is 2. The van der Waals surface area contributed by atoms with Crippen molar-refractivity contribution in [1.29, 1.82) is 0 Å². The van der Waals surface area contributed by atoms with Crippen LogP contribution >= 0.6 is 0 Å². The highest BCUT2D eigenvalue weighted by Crippen LogP contribution is 2.51. The molecule has 2 aliphatic rings. The molecular weight excluding hydrogens is 432 g/mol. The number of fused-ring (bicyclic) bond motifs is 2. The Morgan fingerprint density at radius 1 is 0.886 bits per heavy atom. The van der Waals surface area contributed by atoms with Crippen LogP contribution in [0.5, 0.6) is 11.5 Å². The van der Waals surface area contributed by atoms with Crippen molar-refractivity contribution in [1.82, 2.24) is 0 Å². The molecule has 4 heteroatoms. The molecule has 2 saturated carbocycles. The minimum atomic E-state index is -0.202. The van der Waals surface area contributed by atoms with Gasteiger partial charge in [-0.15, -0.1) is 0 Å². The van der Waals surface area contributed by atoms with E-state index in [0.717, 1.165) is 56.1 Å². The van der Waals surface area contributed by atoms with Crippen molar-refractivity contribution in [2.75, 3.05) is 0 Å². The second-order valence-electron chi connectivity index (χ2n) is 11.7. The Kier molecular flexibility index (Phi) is 7.98. The second-order valence-corrected chi connectivity index (χ2v) is 11.7. The van der Waals surface area contributed by atoms with Gasteiger partial charge in [0.15, 0.2) is 0 Å². The quantitative estimate of drug-likeness (QED) is 0.360. The van der Waals surface area contributed by atoms with Crippen molar-refractivity contribution in [3.63, 3.8) is 0 Å². The lowest BCUT2D eigenvalue weighted by molar-refractivity contribution is 0.367. The fourth-order valence-corrected chi connectivity index (χ4v) is 5.60. The summed E-state index contributed by atoms with van der Waals surface area (Å²) < 4.78 is 0. The van der Waals surface area contributed by atoms with Crippen LogP contribution in [0.25, 0.3) is 0 Å². The summed E-state index contributed by atoms with van der Waals surface area (Å²) in [6, 6.07) is 11.9. The van der Waals surface area contributed by atoms with Crippen molar-refractivity contribution >= 4 is 12.4 Å². The summed E-state index contributed by atoms with van der Waals surface area (Å²) in [7, 11) is 0. The third kappa shape index (κ3) is 6.34. The van der Waals surface area contributed by atoms with E-state index in [1.807, 2.05) is 24.6 Å². The average molecular weight is 475 g/mol. The van der Waals surface area contributed by atoms with Gasteiger partial charge in [-0.2, -0.15) is 0 Å². The van der Waals surface area contributed by atoms with E-state index in [-0.39, 0.29) is 23.1 Å². The van der Waals surface area contributed by atoms with Crippen LogP contribution in [0, 0.1) is 17.8 Å². The van der Waals surface area contributed by atoms with Crippen LogP contribution in [0.3, 0.4) is 0 Å². The van der Waals surface area contributed by atoms with Crippen LogP contribution in [-0.4, -0.2) is 34.2 Å². The zero-order valence-corrected chi connectivity index (χ0v) is 21.9. The van der Waals surface area contributed by atoms with Crippen LogP contribution in [0.4, 0.5) is 0 Å². The topological polar surface area (TPSA) is 65.2 Å². The maximum atomic E-state index is 10.5. The molecule has 0 aliphatic heterocycles. The summed E-state index contributed by atoms with van der Waals surface area (Å²) in [5, 5.41) is 20.9. The maximum Gasteiger partial charge on any atom is 0.124 e. The molecule has 2 aromatic carbocycles. The first kappa shape index (κ1) is 25.5. The van der Waals surface area contributed by atoms with E-state index < -0.39 is 0 Å². The minimum absolute atomic E-state index is 0.113. The summed E-state index contributed by atoms with van der Waals surface area (Å²) >= 11 is 0. The zero-order valence-electron chi connectivity index (χ0n) is 21.9. The molecule has 4 nitrogen and oxygen atoms in total. The number of aromatic hydroxyl groups is 2. The first-order valence-electron chi connectivity index (χ1n) is 13.5. The summed E-state index contributed by atoms with van der Waals surface area (Å²) in [4.78, 5) is 10.1. The molecule has 2 aromatic rings. The monoisotopic (exact) mass is 474 g/mol. The molecule has 0 saturated heterocycles. The van der Waals surface area contributed by atoms with Gasteiger partial charge in [-0.25, -0.2) is 0 Å². The number of phenolic OH excluding ortho intramolecular Hbond substituents is 2. The molecule has 188 valence electrons. The standard InChI is InChI=1S/C31H42N2O2/c1-21(2)5-7-23-9-11-28(34)26(15-23)19-32-30-17-25-13-14-31(30,18-25)33-20-27-16-24(8-6-22(3)4)10-12-29(27)35/h9-12,15-16,19-22,25,30,34-35H,5-8,13-14,17-18H2,1-4H3. The number of benzene rings is 2. The molecule has 2 bridgehead atoms. The van der Waals surface area contributed by atoms with Gasteiger partial charge in [0, 0.05) is 23.6 Å². The minimum Gasteiger partial charge on any atom is -0.507 e. The normalized spacial score (nSPS) is 24.1. The number of nitrogens with zero attached hydrogens (tertiary/aromatic N) is 2. The first-order valence-corrected chi connectivity index (χ1v) is 13.5. The number of aliphatic imine (C=N–C) groups is 2. The second kappa shape index (κ2) is 11.0. The zero-order chi connectivity index (χ0) is 25.0. The lowest BCUT2D eigenvalue weighted by Crippen LogP contribution is -2.34. The van der Waals surface area contributed by atoms with Gasteiger partial charge in [0.25, 0.3) is 0 Å². The van der Waals surface area contributed by atoms with E-state index in [1.165, 1.54) is 17.5 Å². The van der Waals surface area contributed by atoms with E-state index in [0.29, 0.717) is 17.8 Å². The van der Waals surface area contributed by atoms with Crippen LogP contribution in [0.1, 0.15) is 88.5 Å². The van der Waals surface area contributed by atoms with Gasteiger partial charge in [0.2, 0.25) is 0 Å². The number of hydrogen-bond donors (Lipinski definition) is 2. The van der Waals surface area contributed by atoms with Crippen molar-refractivity contribution < 1.29 is 10.2 Å². The van der Waals surface area contributed by atoms with Gasteiger partial charge in [0.1, 0.15) is 11.5 Å². The highest BCUT2D eigenvalue weighted by atomic mass is 16.3. The largest absolute Gasteiger partial charge is 0.507 e. The lowest BCUT2D eigenvalue weighted by Gasteiger charge is -2.28. The van der Waals surface area contributed by atoms with Crippen molar-refractivity contribution in [2.24, 2.45) is 27.7 Å². The van der Waals surface area contributed by atoms with Gasteiger partial charge >= 0.3 is 0 Å². The van der Waals surface area contributed by atoms with Crippen molar-refractivity contribution in [3.05, 3.63) is 58.7 Å². The van der Waals surface area contributed by atoms with Crippen LogP contribution in [0.15, 0.2) is 46.4 Å². The molecule has 0 heterocycles. The Morgan fingerprint density at radius 2 is 1.46 bits per heavy atom. The van der Waals surface area contributed by atoms with Gasteiger partial charge in [-0.1, -0.05) is 39.8 Å². The van der Waals surface area contributed by atoms with E-state index in [2.05, 4.69) is 39.8 Å². The molecule has 2 aliphatic carbocycles. The number of rotatable bonds is 10. The van der Waals surface area contributed by atoms with Crippen LogP contribution in [-0.2, 0) is 12.8 Å². The summed E-state index contributed by atoms with van der Waals surface area (Å²) in [5.41, 5.74) is 3.88. The Bertz CT molecular complexity index is 1070. The van der Waals surface area contributed by atoms with E-state index in [1.54, 1.807) is 12.1 Å². The molecular formula is C31H42N2O2. The molecule has 0 amide bonds. The highest BCUT2D eigenvalue weighted by Gasteiger charge is 2.52. The Hall–Kier alpha value is -2.62. The smallest absolute Gasteiger partial charge is 0.124 e. The summed E-state index contributed by atoms with van der Waals surface area (Å²) in [6.07, 6.45) is 12.4. The highest BCUT2D eigenvalue weighted by molar-refractivity contribution is 5.85. The number of hydrogen-bond acceptors (Lipinski definition) is 4. The summed E-state index contributed by atoms with van der Waals surface area (Å²) in [6.45, 7) is 8.95. The molecule has 2 N–H and O–H groups in total. The predicted molar refractivity (Wildman–Crippen MR) is 146 cm³/mol. The SMILES string of the molecule is CC(C)CCc1ccc(O)c(C=NC2CC3CCC2(N=Cc2cc(CCC(C)C)ccc2O)C3)c1. The number of phenols is 2. The van der Waals surface area contributed by atoms with E-state index in [9.17, 15) is 10.2 Å². The Labute approximate surface area is 211 Å². The third-order valence-electron chi connectivity index (χ3n) is 7.86. The van der Waals surface area contributed by atoms with Gasteiger partial charge in [-0.05, 0) is 105 Å². The van der Waals surface area contributed by atoms with E-state index in [4.69, 9.17) is 9.98 Å². The molecule has 0 aromatic heterocycles. The lowest BCUT2D eigenvalue weighted by atomic mass is 9.89. The molecule has 0 spiro atoms. The van der Waals surface area contributed by atoms with E-state index >= 15 is 0 Å². The molecule has 3 atom stereocenters. The predicted octanol–water partition coefficient (Wildman–Crippen LogP) is 7.12.